The lowest BCUT2D eigenvalue weighted by atomic mass is 9.97. The molecule has 0 fully saturated rings. The molecule has 128 valence electrons. The van der Waals surface area contributed by atoms with Gasteiger partial charge in [-0.2, -0.15) is 0 Å². The van der Waals surface area contributed by atoms with Crippen LogP contribution >= 0.6 is 0 Å². The number of nitrogen functional groups attached to an aromatic ring is 1. The first-order chi connectivity index (χ1) is 12.5. The van der Waals surface area contributed by atoms with Gasteiger partial charge in [-0.3, -0.25) is 0 Å². The Morgan fingerprint density at radius 2 is 1.62 bits per heavy atom. The first kappa shape index (κ1) is 16.1. The lowest BCUT2D eigenvalue weighted by Gasteiger charge is -2.12. The van der Waals surface area contributed by atoms with E-state index in [0.29, 0.717) is 16.8 Å². The average Bonchev–Trinajstić information content (AvgIpc) is 2.64. The molecule has 0 bridgehead atoms. The molecular weight excluding hydrogens is 334 g/mol. The monoisotopic (exact) mass is 348 g/mol. The SMILES string of the molecule is Cc1ncnc2ccc(-c3cc(F)c(N)nc3-c3ccc(F)cc3)cc12. The van der Waals surface area contributed by atoms with E-state index in [-0.39, 0.29) is 11.6 Å². The fourth-order valence-electron chi connectivity index (χ4n) is 2.90. The predicted octanol–water partition coefficient (Wildman–Crippen LogP) is 4.53. The standard InChI is InChI=1S/C20H14F2N4/c1-11-15-8-13(4-7-18(15)25-10-24-11)16-9-17(22)20(23)26-19(16)12-2-5-14(21)6-3-12/h2-10H,1H3,(H2,23,26). The van der Waals surface area contributed by atoms with Crippen LogP contribution in [0.3, 0.4) is 0 Å². The molecule has 0 unspecified atom stereocenters. The molecule has 4 rings (SSSR count). The predicted molar refractivity (Wildman–Crippen MR) is 97.3 cm³/mol. The summed E-state index contributed by atoms with van der Waals surface area (Å²) in [6.07, 6.45) is 1.51. The molecule has 0 aliphatic carbocycles. The van der Waals surface area contributed by atoms with Gasteiger partial charge in [0.1, 0.15) is 12.1 Å². The Morgan fingerprint density at radius 1 is 0.885 bits per heavy atom. The van der Waals surface area contributed by atoms with Crippen LogP contribution in [0.25, 0.3) is 33.3 Å². The summed E-state index contributed by atoms with van der Waals surface area (Å²) in [6.45, 7) is 1.89. The van der Waals surface area contributed by atoms with Crippen molar-refractivity contribution in [1.82, 2.24) is 15.0 Å². The van der Waals surface area contributed by atoms with Crippen molar-refractivity contribution in [3.63, 3.8) is 0 Å². The highest BCUT2D eigenvalue weighted by molar-refractivity contribution is 5.89. The topological polar surface area (TPSA) is 64.7 Å². The summed E-state index contributed by atoms with van der Waals surface area (Å²) in [7, 11) is 0. The van der Waals surface area contributed by atoms with Crippen LogP contribution in [0.4, 0.5) is 14.6 Å². The molecule has 2 N–H and O–H groups in total. The summed E-state index contributed by atoms with van der Waals surface area (Å²) in [6, 6.07) is 12.8. The van der Waals surface area contributed by atoms with Gasteiger partial charge in [0.05, 0.1) is 11.2 Å². The second kappa shape index (κ2) is 6.15. The number of nitrogens with two attached hydrogens (primary N) is 1. The Hall–Kier alpha value is -3.41. The Labute approximate surface area is 148 Å². The summed E-state index contributed by atoms with van der Waals surface area (Å²) < 4.78 is 27.4. The summed E-state index contributed by atoms with van der Waals surface area (Å²) in [5, 5.41) is 0.868. The molecule has 2 aromatic heterocycles. The summed E-state index contributed by atoms with van der Waals surface area (Å²) in [5.41, 5.74) is 9.74. The number of rotatable bonds is 2. The molecule has 0 aliphatic rings. The van der Waals surface area contributed by atoms with Crippen LogP contribution in [0.1, 0.15) is 5.69 Å². The highest BCUT2D eigenvalue weighted by Gasteiger charge is 2.15. The molecule has 0 atom stereocenters. The van der Waals surface area contributed by atoms with E-state index in [2.05, 4.69) is 15.0 Å². The maximum Gasteiger partial charge on any atom is 0.165 e. The molecule has 0 spiro atoms. The fourth-order valence-corrected chi connectivity index (χ4v) is 2.90. The Kier molecular flexibility index (Phi) is 3.80. The molecule has 0 radical (unpaired) electrons. The van der Waals surface area contributed by atoms with Crippen LogP contribution in [-0.2, 0) is 0 Å². The van der Waals surface area contributed by atoms with Crippen molar-refractivity contribution in [2.24, 2.45) is 0 Å². The Balaban J connectivity index is 1.97. The van der Waals surface area contributed by atoms with Gasteiger partial charge in [-0.15, -0.1) is 0 Å². The molecule has 4 nitrogen and oxygen atoms in total. The maximum atomic E-state index is 14.1. The second-order valence-corrected chi connectivity index (χ2v) is 5.95. The van der Waals surface area contributed by atoms with Crippen LogP contribution in [0.2, 0.25) is 0 Å². The van der Waals surface area contributed by atoms with E-state index in [1.165, 1.54) is 24.5 Å². The van der Waals surface area contributed by atoms with E-state index in [9.17, 15) is 8.78 Å². The normalized spacial score (nSPS) is 11.0. The zero-order valence-electron chi connectivity index (χ0n) is 13.9. The maximum absolute atomic E-state index is 14.1. The van der Waals surface area contributed by atoms with E-state index in [0.717, 1.165) is 22.2 Å². The highest BCUT2D eigenvalue weighted by Crippen LogP contribution is 2.34. The van der Waals surface area contributed by atoms with Crippen LogP contribution < -0.4 is 5.73 Å². The van der Waals surface area contributed by atoms with Crippen molar-refractivity contribution in [3.05, 3.63) is 72.2 Å². The minimum Gasteiger partial charge on any atom is -0.381 e. The second-order valence-electron chi connectivity index (χ2n) is 5.95. The first-order valence-electron chi connectivity index (χ1n) is 7.96. The number of benzene rings is 2. The van der Waals surface area contributed by atoms with Gasteiger partial charge in [0.2, 0.25) is 0 Å². The molecule has 0 aliphatic heterocycles. The summed E-state index contributed by atoms with van der Waals surface area (Å²) >= 11 is 0. The summed E-state index contributed by atoms with van der Waals surface area (Å²) in [5.74, 6) is -1.16. The number of aryl methyl sites for hydroxylation is 1. The third-order valence-corrected chi connectivity index (χ3v) is 4.27. The van der Waals surface area contributed by atoms with E-state index in [1.807, 2.05) is 25.1 Å². The molecule has 2 aromatic carbocycles. The number of aromatic nitrogens is 3. The van der Waals surface area contributed by atoms with E-state index in [4.69, 9.17) is 5.73 Å². The van der Waals surface area contributed by atoms with Crippen molar-refractivity contribution >= 4 is 16.7 Å². The first-order valence-corrected chi connectivity index (χ1v) is 7.96. The van der Waals surface area contributed by atoms with E-state index < -0.39 is 5.82 Å². The van der Waals surface area contributed by atoms with Crippen molar-refractivity contribution in [3.8, 4) is 22.4 Å². The quantitative estimate of drug-likeness (QED) is 0.578. The van der Waals surface area contributed by atoms with Crippen molar-refractivity contribution < 1.29 is 8.78 Å². The van der Waals surface area contributed by atoms with E-state index >= 15 is 0 Å². The van der Waals surface area contributed by atoms with Gasteiger partial charge in [0.25, 0.3) is 0 Å². The number of hydrogen-bond acceptors (Lipinski definition) is 4. The van der Waals surface area contributed by atoms with Gasteiger partial charge in [0, 0.05) is 22.2 Å². The fraction of sp³-hybridized carbons (Fsp3) is 0.0500. The van der Waals surface area contributed by atoms with Gasteiger partial charge in [-0.1, -0.05) is 6.07 Å². The zero-order valence-corrected chi connectivity index (χ0v) is 13.9. The molecule has 0 amide bonds. The third-order valence-electron chi connectivity index (χ3n) is 4.27. The van der Waals surface area contributed by atoms with Crippen LogP contribution in [-0.4, -0.2) is 15.0 Å². The van der Waals surface area contributed by atoms with Gasteiger partial charge in [-0.25, -0.2) is 23.7 Å². The number of nitrogens with zero attached hydrogens (tertiary/aromatic N) is 3. The molecule has 2 heterocycles. The Morgan fingerprint density at radius 3 is 2.38 bits per heavy atom. The molecule has 0 saturated heterocycles. The van der Waals surface area contributed by atoms with Crippen molar-refractivity contribution in [1.29, 1.82) is 0 Å². The van der Waals surface area contributed by atoms with Crippen LogP contribution in [0, 0.1) is 18.6 Å². The molecule has 0 saturated carbocycles. The molecule has 26 heavy (non-hydrogen) atoms. The number of halogens is 2. The van der Waals surface area contributed by atoms with Crippen LogP contribution in [0.5, 0.6) is 0 Å². The summed E-state index contributed by atoms with van der Waals surface area (Å²) in [4.78, 5) is 12.6. The number of pyridine rings is 1. The average molecular weight is 348 g/mol. The van der Waals surface area contributed by atoms with Gasteiger partial charge in [0.15, 0.2) is 11.6 Å². The van der Waals surface area contributed by atoms with Gasteiger partial charge < -0.3 is 5.73 Å². The van der Waals surface area contributed by atoms with Crippen molar-refractivity contribution in [2.45, 2.75) is 6.92 Å². The molecule has 6 heteroatoms. The lowest BCUT2D eigenvalue weighted by molar-refractivity contribution is 0.626. The number of hydrogen-bond donors (Lipinski definition) is 1. The number of anilines is 1. The van der Waals surface area contributed by atoms with Crippen molar-refractivity contribution in [2.75, 3.05) is 5.73 Å². The number of fused-ring (bicyclic) bond motifs is 1. The van der Waals surface area contributed by atoms with Gasteiger partial charge >= 0.3 is 0 Å². The lowest BCUT2D eigenvalue weighted by Crippen LogP contribution is -2.00. The molecular formula is C20H14F2N4. The minimum atomic E-state index is -0.605. The van der Waals surface area contributed by atoms with Crippen LogP contribution in [0.15, 0.2) is 54.9 Å². The zero-order chi connectivity index (χ0) is 18.3. The highest BCUT2D eigenvalue weighted by atomic mass is 19.1. The van der Waals surface area contributed by atoms with E-state index in [1.54, 1.807) is 12.1 Å². The third kappa shape index (κ3) is 2.75. The molecule has 4 aromatic rings. The minimum absolute atomic E-state index is 0.201. The van der Waals surface area contributed by atoms with Gasteiger partial charge in [-0.05, 0) is 55.0 Å². The smallest absolute Gasteiger partial charge is 0.165 e. The Bertz CT molecular complexity index is 1120. The largest absolute Gasteiger partial charge is 0.381 e.